The highest BCUT2D eigenvalue weighted by molar-refractivity contribution is 6.26. The number of anilines is 1. The zero-order chi connectivity index (χ0) is 26.2. The Morgan fingerprint density at radius 1 is 0.868 bits per heavy atom. The molecule has 0 radical (unpaired) electrons. The number of ether oxygens (including phenoxy) is 1. The van der Waals surface area contributed by atoms with Crippen LogP contribution in [0.1, 0.15) is 56.8 Å². The standard InChI is InChI=1S/C30H26N2O6/c33-27-21-10-6-9-20-24(31-14-4-1-5-15-31)13-12-22(26(20)21)28(34)32(27)16-7-17-37-29(35)23-18-19-8-2-3-11-25(19)38-30(23)36/h2-3,6,8-13,18H,1,4-5,7,14-17H2. The Hall–Kier alpha value is -4.46. The second-order valence-electron chi connectivity index (χ2n) is 9.64. The first-order valence-electron chi connectivity index (χ1n) is 12.9. The molecule has 0 saturated carbocycles. The fourth-order valence-corrected chi connectivity index (χ4v) is 5.41. The minimum Gasteiger partial charge on any atom is -0.462 e. The van der Waals surface area contributed by atoms with Crippen LogP contribution in [0.25, 0.3) is 21.7 Å². The molecule has 0 aliphatic carbocycles. The summed E-state index contributed by atoms with van der Waals surface area (Å²) in [5.41, 5.74) is 1.48. The van der Waals surface area contributed by atoms with Crippen molar-refractivity contribution in [2.24, 2.45) is 0 Å². The Bertz CT molecular complexity index is 1630. The lowest BCUT2D eigenvalue weighted by Gasteiger charge is -2.32. The molecule has 6 rings (SSSR count). The lowest BCUT2D eigenvalue weighted by Crippen LogP contribution is -2.41. The van der Waals surface area contributed by atoms with Gasteiger partial charge in [-0.3, -0.25) is 14.5 Å². The molecule has 3 heterocycles. The monoisotopic (exact) mass is 510 g/mol. The zero-order valence-electron chi connectivity index (χ0n) is 20.8. The molecular weight excluding hydrogens is 484 g/mol. The average Bonchev–Trinajstić information content (AvgIpc) is 2.95. The fraction of sp³-hybridized carbons (Fsp3) is 0.267. The number of fused-ring (bicyclic) bond motifs is 1. The zero-order valence-corrected chi connectivity index (χ0v) is 20.8. The molecule has 192 valence electrons. The second-order valence-corrected chi connectivity index (χ2v) is 9.64. The Labute approximate surface area is 218 Å². The molecule has 0 N–H and O–H groups in total. The first kappa shape index (κ1) is 23.9. The van der Waals surface area contributed by atoms with Gasteiger partial charge in [0.15, 0.2) is 0 Å². The van der Waals surface area contributed by atoms with Gasteiger partial charge in [-0.1, -0.05) is 30.3 Å². The van der Waals surface area contributed by atoms with Gasteiger partial charge in [0.25, 0.3) is 11.8 Å². The number of hydrogen-bond donors (Lipinski definition) is 0. The summed E-state index contributed by atoms with van der Waals surface area (Å²) in [6, 6.07) is 17.7. The smallest absolute Gasteiger partial charge is 0.351 e. The van der Waals surface area contributed by atoms with Gasteiger partial charge in [0.2, 0.25) is 0 Å². The highest BCUT2D eigenvalue weighted by Crippen LogP contribution is 2.36. The molecule has 1 saturated heterocycles. The van der Waals surface area contributed by atoms with E-state index in [9.17, 15) is 19.2 Å². The van der Waals surface area contributed by atoms with Crippen LogP contribution in [0.15, 0.2) is 69.9 Å². The molecule has 1 aromatic heterocycles. The molecule has 8 heteroatoms. The van der Waals surface area contributed by atoms with Gasteiger partial charge in [0.05, 0.1) is 6.61 Å². The normalized spacial score (nSPS) is 15.4. The number of rotatable bonds is 6. The van der Waals surface area contributed by atoms with Gasteiger partial charge in [0.1, 0.15) is 11.1 Å². The van der Waals surface area contributed by atoms with Crippen LogP contribution in [-0.4, -0.2) is 48.9 Å². The van der Waals surface area contributed by atoms with Crippen molar-refractivity contribution >= 4 is 45.2 Å². The molecule has 0 spiro atoms. The molecule has 2 amide bonds. The van der Waals surface area contributed by atoms with E-state index in [4.69, 9.17) is 9.15 Å². The molecule has 2 aliphatic heterocycles. The maximum atomic E-state index is 13.3. The summed E-state index contributed by atoms with van der Waals surface area (Å²) in [7, 11) is 0. The van der Waals surface area contributed by atoms with Crippen molar-refractivity contribution in [1.82, 2.24) is 4.90 Å². The van der Waals surface area contributed by atoms with E-state index in [1.165, 1.54) is 17.4 Å². The summed E-state index contributed by atoms with van der Waals surface area (Å²) in [6.45, 7) is 1.95. The third-order valence-corrected chi connectivity index (χ3v) is 7.29. The third kappa shape index (κ3) is 4.12. The van der Waals surface area contributed by atoms with Crippen molar-refractivity contribution in [1.29, 1.82) is 0 Å². The number of piperidine rings is 1. The van der Waals surface area contributed by atoms with E-state index in [0.717, 1.165) is 37.0 Å². The molecule has 1 fully saturated rings. The van der Waals surface area contributed by atoms with E-state index >= 15 is 0 Å². The molecule has 3 aromatic carbocycles. The highest BCUT2D eigenvalue weighted by atomic mass is 16.5. The number of para-hydroxylation sites is 1. The van der Waals surface area contributed by atoms with Gasteiger partial charge in [-0.2, -0.15) is 0 Å². The predicted octanol–water partition coefficient (Wildman–Crippen LogP) is 4.78. The van der Waals surface area contributed by atoms with Crippen molar-refractivity contribution in [3.63, 3.8) is 0 Å². The summed E-state index contributed by atoms with van der Waals surface area (Å²) in [5.74, 6) is -1.52. The van der Waals surface area contributed by atoms with Crippen molar-refractivity contribution in [2.45, 2.75) is 25.7 Å². The number of amides is 2. The van der Waals surface area contributed by atoms with Crippen LogP contribution in [0.2, 0.25) is 0 Å². The van der Waals surface area contributed by atoms with Crippen molar-refractivity contribution in [2.75, 3.05) is 31.1 Å². The maximum absolute atomic E-state index is 13.3. The van der Waals surface area contributed by atoms with Crippen molar-refractivity contribution in [3.05, 3.63) is 87.8 Å². The number of benzene rings is 3. The molecular formula is C30H26N2O6. The van der Waals surface area contributed by atoms with Crippen LogP contribution < -0.4 is 10.5 Å². The Morgan fingerprint density at radius 2 is 1.63 bits per heavy atom. The molecule has 0 bridgehead atoms. The molecule has 38 heavy (non-hydrogen) atoms. The largest absolute Gasteiger partial charge is 0.462 e. The number of carbonyl (C=O) groups is 3. The van der Waals surface area contributed by atoms with Gasteiger partial charge in [-0.05, 0) is 56.0 Å². The van der Waals surface area contributed by atoms with Gasteiger partial charge in [-0.15, -0.1) is 0 Å². The summed E-state index contributed by atoms with van der Waals surface area (Å²) < 4.78 is 10.5. The van der Waals surface area contributed by atoms with E-state index < -0.39 is 11.6 Å². The lowest BCUT2D eigenvalue weighted by molar-refractivity contribution is 0.0472. The average molecular weight is 511 g/mol. The Balaban J connectivity index is 1.16. The number of nitrogens with zero attached hydrogens (tertiary/aromatic N) is 2. The molecule has 8 nitrogen and oxygen atoms in total. The van der Waals surface area contributed by atoms with Crippen LogP contribution in [0.4, 0.5) is 5.69 Å². The van der Waals surface area contributed by atoms with Crippen LogP contribution in [0.5, 0.6) is 0 Å². The van der Waals surface area contributed by atoms with E-state index in [2.05, 4.69) is 4.90 Å². The minimum atomic E-state index is -0.804. The molecule has 0 unspecified atom stereocenters. The number of esters is 1. The first-order chi connectivity index (χ1) is 18.5. The van der Waals surface area contributed by atoms with Crippen molar-refractivity contribution < 1.29 is 23.5 Å². The van der Waals surface area contributed by atoms with Crippen LogP contribution in [0.3, 0.4) is 0 Å². The first-order valence-corrected chi connectivity index (χ1v) is 12.9. The van der Waals surface area contributed by atoms with Crippen LogP contribution in [-0.2, 0) is 4.74 Å². The molecule has 2 aliphatic rings. The second kappa shape index (κ2) is 9.78. The van der Waals surface area contributed by atoms with Crippen molar-refractivity contribution in [3.8, 4) is 0 Å². The minimum absolute atomic E-state index is 0.0624. The van der Waals surface area contributed by atoms with E-state index in [0.29, 0.717) is 27.5 Å². The van der Waals surface area contributed by atoms with Gasteiger partial charge in [-0.25, -0.2) is 9.59 Å². The quantitative estimate of drug-likeness (QED) is 0.159. The SMILES string of the molecule is O=C(OCCCN1C(=O)c2cccc3c(N4CCCCC4)ccc(c23)C1=O)c1cc2ccccc2oc1=O. The van der Waals surface area contributed by atoms with Gasteiger partial charge in [0, 0.05) is 52.6 Å². The maximum Gasteiger partial charge on any atom is 0.351 e. The van der Waals surface area contributed by atoms with E-state index in [-0.39, 0.29) is 37.0 Å². The van der Waals surface area contributed by atoms with Crippen LogP contribution in [0, 0.1) is 0 Å². The third-order valence-electron chi connectivity index (χ3n) is 7.29. The summed E-state index contributed by atoms with van der Waals surface area (Å²) in [4.78, 5) is 54.9. The summed E-state index contributed by atoms with van der Waals surface area (Å²) >= 11 is 0. The lowest BCUT2D eigenvalue weighted by atomic mass is 9.92. The Morgan fingerprint density at radius 3 is 2.45 bits per heavy atom. The topological polar surface area (TPSA) is 97.1 Å². The number of carbonyl (C=O) groups excluding carboxylic acids is 3. The predicted molar refractivity (Wildman–Crippen MR) is 143 cm³/mol. The number of hydrogen-bond acceptors (Lipinski definition) is 7. The summed E-state index contributed by atoms with van der Waals surface area (Å²) in [5, 5.41) is 2.24. The molecule has 4 aromatic rings. The Kier molecular flexibility index (Phi) is 6.15. The summed E-state index contributed by atoms with van der Waals surface area (Å²) in [6.07, 6.45) is 3.71. The highest BCUT2D eigenvalue weighted by Gasteiger charge is 2.33. The van der Waals surface area contributed by atoms with E-state index in [1.54, 1.807) is 30.3 Å². The van der Waals surface area contributed by atoms with Gasteiger partial charge >= 0.3 is 11.6 Å². The van der Waals surface area contributed by atoms with E-state index in [1.807, 2.05) is 24.3 Å². The molecule has 0 atom stereocenters. The number of imide groups is 1. The van der Waals surface area contributed by atoms with Crippen LogP contribution >= 0.6 is 0 Å². The van der Waals surface area contributed by atoms with Gasteiger partial charge < -0.3 is 14.1 Å². The fourth-order valence-electron chi connectivity index (χ4n) is 5.41.